The van der Waals surface area contributed by atoms with Gasteiger partial charge in [0, 0.05) is 6.42 Å². The zero-order valence-corrected chi connectivity index (χ0v) is 12.5. The molecule has 2 saturated carbocycles. The predicted octanol–water partition coefficient (Wildman–Crippen LogP) is 3.11. The van der Waals surface area contributed by atoms with Crippen molar-refractivity contribution < 1.29 is 14.7 Å². The van der Waals surface area contributed by atoms with Gasteiger partial charge < -0.3 is 10.4 Å². The van der Waals surface area contributed by atoms with E-state index in [-0.39, 0.29) is 11.8 Å². The second-order valence-electron chi connectivity index (χ2n) is 6.68. The highest BCUT2D eigenvalue weighted by molar-refractivity contribution is 5.87. The standard InChI is InChI=1S/C16H27NO3/c1-12-7-5-6-10-16(12,15(19)20)17-14(18)11-13-8-3-2-4-9-13/h12-13H,2-11H2,1H3,(H,17,18)(H,19,20). The molecular formula is C16H27NO3. The highest BCUT2D eigenvalue weighted by Gasteiger charge is 2.46. The van der Waals surface area contributed by atoms with Crippen molar-refractivity contribution in [2.24, 2.45) is 11.8 Å². The van der Waals surface area contributed by atoms with Crippen LogP contribution >= 0.6 is 0 Å². The highest BCUT2D eigenvalue weighted by atomic mass is 16.4. The highest BCUT2D eigenvalue weighted by Crippen LogP contribution is 2.34. The molecule has 0 aromatic carbocycles. The summed E-state index contributed by atoms with van der Waals surface area (Å²) in [6.07, 6.45) is 9.82. The number of rotatable bonds is 4. The third kappa shape index (κ3) is 3.33. The van der Waals surface area contributed by atoms with Crippen LogP contribution in [0.15, 0.2) is 0 Å². The Bertz CT molecular complexity index is 363. The Hall–Kier alpha value is -1.06. The summed E-state index contributed by atoms with van der Waals surface area (Å²) in [5.41, 5.74) is -1.02. The van der Waals surface area contributed by atoms with E-state index in [1.165, 1.54) is 19.3 Å². The Kier molecular flexibility index (Phi) is 5.06. The number of nitrogens with one attached hydrogen (secondary N) is 1. The summed E-state index contributed by atoms with van der Waals surface area (Å²) < 4.78 is 0. The van der Waals surface area contributed by atoms with E-state index < -0.39 is 11.5 Å². The average Bonchev–Trinajstić information content (AvgIpc) is 2.42. The van der Waals surface area contributed by atoms with Crippen molar-refractivity contribution in [3.05, 3.63) is 0 Å². The lowest BCUT2D eigenvalue weighted by atomic mass is 9.73. The molecule has 0 bridgehead atoms. The number of aliphatic carboxylic acids is 1. The van der Waals surface area contributed by atoms with Gasteiger partial charge in [0.05, 0.1) is 0 Å². The van der Waals surface area contributed by atoms with E-state index in [1.807, 2.05) is 6.92 Å². The number of amides is 1. The smallest absolute Gasteiger partial charge is 0.329 e. The largest absolute Gasteiger partial charge is 0.479 e. The van der Waals surface area contributed by atoms with Crippen LogP contribution in [0, 0.1) is 11.8 Å². The van der Waals surface area contributed by atoms with Crippen LogP contribution in [-0.2, 0) is 9.59 Å². The van der Waals surface area contributed by atoms with E-state index in [0.717, 1.165) is 32.1 Å². The topological polar surface area (TPSA) is 66.4 Å². The second-order valence-corrected chi connectivity index (χ2v) is 6.68. The molecule has 4 nitrogen and oxygen atoms in total. The molecule has 1 amide bonds. The maximum Gasteiger partial charge on any atom is 0.329 e. The van der Waals surface area contributed by atoms with Gasteiger partial charge in [0.15, 0.2) is 0 Å². The normalized spacial score (nSPS) is 31.8. The van der Waals surface area contributed by atoms with Crippen molar-refractivity contribution in [3.63, 3.8) is 0 Å². The molecule has 20 heavy (non-hydrogen) atoms. The minimum atomic E-state index is -1.02. The van der Waals surface area contributed by atoms with Gasteiger partial charge in [0.2, 0.25) is 5.91 Å². The molecule has 0 heterocycles. The van der Waals surface area contributed by atoms with Crippen LogP contribution in [0.25, 0.3) is 0 Å². The number of hydrogen-bond acceptors (Lipinski definition) is 2. The molecule has 2 atom stereocenters. The van der Waals surface area contributed by atoms with Crippen LogP contribution in [0.1, 0.15) is 71.1 Å². The van der Waals surface area contributed by atoms with Crippen LogP contribution < -0.4 is 5.32 Å². The van der Waals surface area contributed by atoms with Gasteiger partial charge in [-0.3, -0.25) is 4.79 Å². The predicted molar refractivity (Wildman–Crippen MR) is 77.3 cm³/mol. The number of carbonyl (C=O) groups excluding carboxylic acids is 1. The molecule has 2 unspecified atom stereocenters. The molecule has 2 rings (SSSR count). The van der Waals surface area contributed by atoms with Crippen molar-refractivity contribution in [1.29, 1.82) is 0 Å². The number of carbonyl (C=O) groups is 2. The van der Waals surface area contributed by atoms with E-state index in [4.69, 9.17) is 0 Å². The van der Waals surface area contributed by atoms with Crippen LogP contribution in [-0.4, -0.2) is 22.5 Å². The van der Waals surface area contributed by atoms with Gasteiger partial charge >= 0.3 is 5.97 Å². The van der Waals surface area contributed by atoms with Gasteiger partial charge in [-0.1, -0.05) is 39.0 Å². The molecule has 4 heteroatoms. The summed E-state index contributed by atoms with van der Waals surface area (Å²) >= 11 is 0. The van der Waals surface area contributed by atoms with E-state index in [0.29, 0.717) is 18.8 Å². The fourth-order valence-electron chi connectivity index (χ4n) is 3.86. The molecule has 0 radical (unpaired) electrons. The zero-order valence-electron chi connectivity index (χ0n) is 12.5. The van der Waals surface area contributed by atoms with Crippen molar-refractivity contribution in [3.8, 4) is 0 Å². The van der Waals surface area contributed by atoms with E-state index in [2.05, 4.69) is 5.32 Å². The lowest BCUT2D eigenvalue weighted by Gasteiger charge is -2.40. The zero-order chi connectivity index (χ0) is 14.6. The molecule has 0 aromatic rings. The molecule has 0 aliphatic heterocycles. The van der Waals surface area contributed by atoms with Gasteiger partial charge in [0.1, 0.15) is 5.54 Å². The van der Waals surface area contributed by atoms with Gasteiger partial charge in [-0.2, -0.15) is 0 Å². The Morgan fingerprint density at radius 3 is 2.35 bits per heavy atom. The van der Waals surface area contributed by atoms with Gasteiger partial charge in [-0.25, -0.2) is 4.79 Å². The summed E-state index contributed by atoms with van der Waals surface area (Å²) in [5.74, 6) is -0.452. The first-order chi connectivity index (χ1) is 9.54. The molecule has 2 fully saturated rings. The number of carboxylic acids is 1. The average molecular weight is 281 g/mol. The van der Waals surface area contributed by atoms with Crippen molar-refractivity contribution in [1.82, 2.24) is 5.32 Å². The Morgan fingerprint density at radius 2 is 1.75 bits per heavy atom. The maximum absolute atomic E-state index is 12.3. The quantitative estimate of drug-likeness (QED) is 0.832. The SMILES string of the molecule is CC1CCCCC1(NC(=O)CC1CCCCC1)C(=O)O. The first kappa shape index (κ1) is 15.3. The number of carboxylic acid groups (broad SMARTS) is 1. The summed E-state index contributed by atoms with van der Waals surface area (Å²) in [4.78, 5) is 24.0. The first-order valence-electron chi connectivity index (χ1n) is 8.09. The first-order valence-corrected chi connectivity index (χ1v) is 8.09. The molecule has 2 aliphatic rings. The monoisotopic (exact) mass is 281 g/mol. The second kappa shape index (κ2) is 6.59. The molecule has 2 N–H and O–H groups in total. The molecule has 2 aliphatic carbocycles. The van der Waals surface area contributed by atoms with Gasteiger partial charge in [-0.05, 0) is 37.5 Å². The van der Waals surface area contributed by atoms with Crippen LogP contribution in [0.3, 0.4) is 0 Å². The summed E-state index contributed by atoms with van der Waals surface area (Å²) in [7, 11) is 0. The van der Waals surface area contributed by atoms with E-state index in [9.17, 15) is 14.7 Å². The molecule has 0 saturated heterocycles. The lowest BCUT2D eigenvalue weighted by molar-refractivity contribution is -0.152. The summed E-state index contributed by atoms with van der Waals surface area (Å²) in [6, 6.07) is 0. The molecule has 0 spiro atoms. The fourth-order valence-corrected chi connectivity index (χ4v) is 3.86. The molecular weight excluding hydrogens is 254 g/mol. The maximum atomic E-state index is 12.3. The van der Waals surface area contributed by atoms with Crippen molar-refractivity contribution >= 4 is 11.9 Å². The van der Waals surface area contributed by atoms with Crippen molar-refractivity contribution in [2.45, 2.75) is 76.7 Å². The lowest BCUT2D eigenvalue weighted by Crippen LogP contribution is -2.60. The Morgan fingerprint density at radius 1 is 1.10 bits per heavy atom. The third-order valence-corrected chi connectivity index (χ3v) is 5.24. The summed E-state index contributed by atoms with van der Waals surface area (Å²) in [5, 5.41) is 12.5. The fraction of sp³-hybridized carbons (Fsp3) is 0.875. The number of hydrogen-bond donors (Lipinski definition) is 2. The minimum absolute atomic E-state index is 0.0176. The van der Waals surface area contributed by atoms with Crippen LogP contribution in [0.2, 0.25) is 0 Å². The minimum Gasteiger partial charge on any atom is -0.479 e. The van der Waals surface area contributed by atoms with E-state index in [1.54, 1.807) is 0 Å². The molecule has 114 valence electrons. The van der Waals surface area contributed by atoms with Crippen molar-refractivity contribution in [2.75, 3.05) is 0 Å². The van der Waals surface area contributed by atoms with Gasteiger partial charge in [0.25, 0.3) is 0 Å². The van der Waals surface area contributed by atoms with Crippen LogP contribution in [0.4, 0.5) is 0 Å². The van der Waals surface area contributed by atoms with Crippen LogP contribution in [0.5, 0.6) is 0 Å². The Balaban J connectivity index is 1.96. The Labute approximate surface area is 121 Å². The van der Waals surface area contributed by atoms with Gasteiger partial charge in [-0.15, -0.1) is 0 Å². The summed E-state index contributed by atoms with van der Waals surface area (Å²) in [6.45, 7) is 1.95. The third-order valence-electron chi connectivity index (χ3n) is 5.24. The van der Waals surface area contributed by atoms with E-state index >= 15 is 0 Å². The molecule has 0 aromatic heterocycles.